The Morgan fingerprint density at radius 3 is 3.00 bits per heavy atom. The first kappa shape index (κ1) is 7.97. The standard InChI is InChI=1S/C11H11FN2/c1-6-8-5-13-14-10(8)4-9(12)11(6)7-2-3-7/h4-5,7H,2-3H2,1H3,(H,13,14). The van der Waals surface area contributed by atoms with Crippen molar-refractivity contribution in [1.29, 1.82) is 0 Å². The van der Waals surface area contributed by atoms with Gasteiger partial charge in [-0.15, -0.1) is 0 Å². The molecule has 1 saturated carbocycles. The van der Waals surface area contributed by atoms with E-state index in [-0.39, 0.29) is 5.82 Å². The Kier molecular flexibility index (Phi) is 1.46. The molecule has 1 aliphatic rings. The zero-order chi connectivity index (χ0) is 9.71. The van der Waals surface area contributed by atoms with Crippen LogP contribution in [0, 0.1) is 12.7 Å². The molecule has 14 heavy (non-hydrogen) atoms. The summed E-state index contributed by atoms with van der Waals surface area (Å²) in [7, 11) is 0. The number of aryl methyl sites for hydroxylation is 1. The van der Waals surface area contributed by atoms with Gasteiger partial charge in [0, 0.05) is 5.39 Å². The van der Waals surface area contributed by atoms with Crippen molar-refractivity contribution in [2.75, 3.05) is 0 Å². The summed E-state index contributed by atoms with van der Waals surface area (Å²) in [5.74, 6) is 0.371. The Morgan fingerprint density at radius 2 is 2.29 bits per heavy atom. The second-order valence-corrected chi connectivity index (χ2v) is 4.00. The van der Waals surface area contributed by atoms with E-state index in [4.69, 9.17) is 0 Å². The molecule has 1 heterocycles. The lowest BCUT2D eigenvalue weighted by Gasteiger charge is -2.06. The van der Waals surface area contributed by atoms with Crippen LogP contribution in [0.25, 0.3) is 10.9 Å². The number of aromatic nitrogens is 2. The third-order valence-electron chi connectivity index (χ3n) is 2.99. The Hall–Kier alpha value is -1.38. The zero-order valence-corrected chi connectivity index (χ0v) is 7.97. The molecule has 1 fully saturated rings. The first-order valence-electron chi connectivity index (χ1n) is 4.89. The molecule has 72 valence electrons. The van der Waals surface area contributed by atoms with Crippen molar-refractivity contribution in [2.45, 2.75) is 25.7 Å². The number of H-pyrrole nitrogens is 1. The molecule has 3 heteroatoms. The molecular formula is C11H11FN2. The highest BCUT2D eigenvalue weighted by Gasteiger charge is 2.29. The molecule has 1 aromatic heterocycles. The lowest BCUT2D eigenvalue weighted by atomic mass is 10.0. The largest absolute Gasteiger partial charge is 0.278 e. The predicted molar refractivity (Wildman–Crippen MR) is 52.8 cm³/mol. The van der Waals surface area contributed by atoms with Crippen molar-refractivity contribution in [1.82, 2.24) is 10.2 Å². The molecule has 0 aliphatic heterocycles. The van der Waals surface area contributed by atoms with Crippen molar-refractivity contribution >= 4 is 10.9 Å². The van der Waals surface area contributed by atoms with Gasteiger partial charge in [0.05, 0.1) is 11.7 Å². The van der Waals surface area contributed by atoms with Crippen LogP contribution < -0.4 is 0 Å². The maximum atomic E-state index is 13.7. The molecule has 0 radical (unpaired) electrons. The normalized spacial score (nSPS) is 16.4. The molecule has 0 spiro atoms. The van der Waals surface area contributed by atoms with E-state index in [1.807, 2.05) is 6.92 Å². The third kappa shape index (κ3) is 0.983. The zero-order valence-electron chi connectivity index (χ0n) is 7.97. The number of nitrogens with one attached hydrogen (secondary N) is 1. The van der Waals surface area contributed by atoms with Crippen LogP contribution in [0.2, 0.25) is 0 Å². The lowest BCUT2D eigenvalue weighted by Crippen LogP contribution is -1.92. The molecule has 0 amide bonds. The summed E-state index contributed by atoms with van der Waals surface area (Å²) in [4.78, 5) is 0. The number of aromatic amines is 1. The predicted octanol–water partition coefficient (Wildman–Crippen LogP) is 2.89. The van der Waals surface area contributed by atoms with Crippen LogP contribution in [0.15, 0.2) is 12.3 Å². The number of fused-ring (bicyclic) bond motifs is 1. The number of benzene rings is 1. The van der Waals surface area contributed by atoms with Gasteiger partial charge in [-0.2, -0.15) is 5.10 Å². The van der Waals surface area contributed by atoms with Gasteiger partial charge in [0.1, 0.15) is 5.82 Å². The van der Waals surface area contributed by atoms with Crippen molar-refractivity contribution in [3.8, 4) is 0 Å². The minimum atomic E-state index is -0.0817. The Balaban J connectivity index is 2.36. The van der Waals surface area contributed by atoms with Crippen LogP contribution in [0.4, 0.5) is 4.39 Å². The van der Waals surface area contributed by atoms with E-state index in [9.17, 15) is 4.39 Å². The van der Waals surface area contributed by atoms with Crippen molar-refractivity contribution < 1.29 is 4.39 Å². The molecule has 1 aliphatic carbocycles. The molecule has 1 aromatic carbocycles. The molecule has 3 rings (SSSR count). The number of hydrogen-bond acceptors (Lipinski definition) is 1. The van der Waals surface area contributed by atoms with Gasteiger partial charge in [0.2, 0.25) is 0 Å². The second-order valence-electron chi connectivity index (χ2n) is 4.00. The van der Waals surface area contributed by atoms with E-state index in [1.54, 1.807) is 12.3 Å². The van der Waals surface area contributed by atoms with E-state index >= 15 is 0 Å². The van der Waals surface area contributed by atoms with E-state index in [2.05, 4.69) is 10.2 Å². The molecule has 2 nitrogen and oxygen atoms in total. The number of halogens is 1. The smallest absolute Gasteiger partial charge is 0.129 e. The molecule has 0 unspecified atom stereocenters. The first-order valence-corrected chi connectivity index (χ1v) is 4.89. The summed E-state index contributed by atoms with van der Waals surface area (Å²) in [6.07, 6.45) is 4.03. The summed E-state index contributed by atoms with van der Waals surface area (Å²) >= 11 is 0. The second kappa shape index (κ2) is 2.56. The average molecular weight is 190 g/mol. The molecule has 2 aromatic rings. The van der Waals surface area contributed by atoms with Crippen LogP contribution in [-0.4, -0.2) is 10.2 Å². The van der Waals surface area contributed by atoms with Crippen LogP contribution in [0.5, 0.6) is 0 Å². The van der Waals surface area contributed by atoms with Gasteiger partial charge < -0.3 is 0 Å². The fourth-order valence-electron chi connectivity index (χ4n) is 2.11. The summed E-state index contributed by atoms with van der Waals surface area (Å²) in [5.41, 5.74) is 2.75. The van der Waals surface area contributed by atoms with Gasteiger partial charge in [0.25, 0.3) is 0 Å². The Labute approximate surface area is 81.1 Å². The van der Waals surface area contributed by atoms with Gasteiger partial charge in [-0.1, -0.05) is 0 Å². The van der Waals surface area contributed by atoms with Crippen LogP contribution in [-0.2, 0) is 0 Å². The number of hydrogen-bond donors (Lipinski definition) is 1. The minimum absolute atomic E-state index is 0.0817. The Bertz CT molecular complexity index is 497. The molecule has 0 bridgehead atoms. The maximum absolute atomic E-state index is 13.7. The quantitative estimate of drug-likeness (QED) is 0.735. The number of rotatable bonds is 1. The molecule has 1 N–H and O–H groups in total. The number of nitrogens with zero attached hydrogens (tertiary/aromatic N) is 1. The SMILES string of the molecule is Cc1c(C2CC2)c(F)cc2[nH]ncc12. The van der Waals surface area contributed by atoms with Gasteiger partial charge in [0.15, 0.2) is 0 Å². The van der Waals surface area contributed by atoms with E-state index < -0.39 is 0 Å². The summed E-state index contributed by atoms with van der Waals surface area (Å²) in [6, 6.07) is 1.56. The van der Waals surface area contributed by atoms with E-state index in [0.717, 1.165) is 34.9 Å². The molecule has 0 saturated heterocycles. The average Bonchev–Trinajstić information content (AvgIpc) is 2.84. The fourth-order valence-corrected chi connectivity index (χ4v) is 2.11. The lowest BCUT2D eigenvalue weighted by molar-refractivity contribution is 0.611. The maximum Gasteiger partial charge on any atom is 0.129 e. The first-order chi connectivity index (χ1) is 6.77. The molecule has 0 atom stereocenters. The van der Waals surface area contributed by atoms with Gasteiger partial charge in [-0.3, -0.25) is 5.10 Å². The van der Waals surface area contributed by atoms with E-state index in [0.29, 0.717) is 5.92 Å². The van der Waals surface area contributed by atoms with Gasteiger partial charge >= 0.3 is 0 Å². The van der Waals surface area contributed by atoms with Crippen molar-refractivity contribution in [3.63, 3.8) is 0 Å². The van der Waals surface area contributed by atoms with E-state index in [1.165, 1.54) is 0 Å². The fraction of sp³-hybridized carbons (Fsp3) is 0.364. The van der Waals surface area contributed by atoms with Crippen LogP contribution in [0.3, 0.4) is 0 Å². The minimum Gasteiger partial charge on any atom is -0.278 e. The Morgan fingerprint density at radius 1 is 1.50 bits per heavy atom. The highest BCUT2D eigenvalue weighted by Crippen LogP contribution is 2.44. The monoisotopic (exact) mass is 190 g/mol. The van der Waals surface area contributed by atoms with Crippen molar-refractivity contribution in [2.24, 2.45) is 0 Å². The summed E-state index contributed by atoms with van der Waals surface area (Å²) in [6.45, 7) is 1.98. The topological polar surface area (TPSA) is 28.7 Å². The van der Waals surface area contributed by atoms with Crippen LogP contribution in [0.1, 0.15) is 29.9 Å². The van der Waals surface area contributed by atoms with Crippen molar-refractivity contribution in [3.05, 3.63) is 29.2 Å². The van der Waals surface area contributed by atoms with Crippen LogP contribution >= 0.6 is 0 Å². The van der Waals surface area contributed by atoms with Gasteiger partial charge in [-0.25, -0.2) is 4.39 Å². The third-order valence-corrected chi connectivity index (χ3v) is 2.99. The molecular weight excluding hydrogens is 179 g/mol. The van der Waals surface area contributed by atoms with Gasteiger partial charge in [-0.05, 0) is 42.9 Å². The highest BCUT2D eigenvalue weighted by atomic mass is 19.1. The highest BCUT2D eigenvalue weighted by molar-refractivity contribution is 5.83. The summed E-state index contributed by atoms with van der Waals surface area (Å²) in [5, 5.41) is 7.78. The summed E-state index contributed by atoms with van der Waals surface area (Å²) < 4.78 is 13.7.